The summed E-state index contributed by atoms with van der Waals surface area (Å²) in [5, 5.41) is 2.26. The molecule has 146 valence electrons. The summed E-state index contributed by atoms with van der Waals surface area (Å²) in [6, 6.07) is 31.9. The fourth-order valence-corrected chi connectivity index (χ4v) is 3.32. The van der Waals surface area contributed by atoms with Gasteiger partial charge in [0.1, 0.15) is 24.7 Å². The second-order valence-electron chi connectivity index (χ2n) is 7.04. The molecule has 0 radical (unpaired) electrons. The van der Waals surface area contributed by atoms with Crippen LogP contribution in [0.15, 0.2) is 97.1 Å². The number of para-hydroxylation sites is 2. The lowest BCUT2D eigenvalue weighted by Crippen LogP contribution is -2.00. The molecule has 3 aromatic carbocycles. The zero-order valence-corrected chi connectivity index (χ0v) is 16.4. The van der Waals surface area contributed by atoms with Crippen molar-refractivity contribution in [1.29, 1.82) is 0 Å². The van der Waals surface area contributed by atoms with Crippen molar-refractivity contribution in [2.75, 3.05) is 0 Å². The molecule has 2 aromatic heterocycles. The van der Waals surface area contributed by atoms with Gasteiger partial charge < -0.3 is 9.47 Å². The third-order valence-corrected chi connectivity index (χ3v) is 4.91. The van der Waals surface area contributed by atoms with Crippen molar-refractivity contribution in [3.05, 3.63) is 108 Å². The molecule has 0 atom stereocenters. The van der Waals surface area contributed by atoms with E-state index >= 15 is 0 Å². The lowest BCUT2D eigenvalue weighted by molar-refractivity contribution is 0.293. The summed E-state index contributed by atoms with van der Waals surface area (Å²) in [5.41, 5.74) is 3.75. The molecule has 0 aliphatic carbocycles. The van der Waals surface area contributed by atoms with Gasteiger partial charge in [0.2, 0.25) is 0 Å². The Hall–Kier alpha value is -3.92. The second kappa shape index (κ2) is 8.21. The van der Waals surface area contributed by atoms with Crippen molar-refractivity contribution in [1.82, 2.24) is 9.97 Å². The van der Waals surface area contributed by atoms with E-state index in [1.807, 2.05) is 72.8 Å². The molecule has 0 spiro atoms. The molecule has 30 heavy (non-hydrogen) atoms. The molecule has 0 aliphatic rings. The number of pyridine rings is 2. The number of fused-ring (bicyclic) bond motifs is 2. The van der Waals surface area contributed by atoms with E-state index in [1.165, 1.54) is 0 Å². The summed E-state index contributed by atoms with van der Waals surface area (Å²) in [6.07, 6.45) is 0. The minimum absolute atomic E-state index is 0.423. The van der Waals surface area contributed by atoms with Gasteiger partial charge in [-0.3, -0.25) is 0 Å². The van der Waals surface area contributed by atoms with E-state index < -0.39 is 0 Å². The summed E-state index contributed by atoms with van der Waals surface area (Å²) in [7, 11) is 0. The zero-order valence-electron chi connectivity index (χ0n) is 16.4. The number of ether oxygens (including phenoxy) is 2. The quantitative estimate of drug-likeness (QED) is 0.359. The van der Waals surface area contributed by atoms with Crippen LogP contribution in [-0.2, 0) is 13.2 Å². The van der Waals surface area contributed by atoms with Gasteiger partial charge in [0.25, 0.3) is 0 Å². The third-order valence-electron chi connectivity index (χ3n) is 4.91. The van der Waals surface area contributed by atoms with Gasteiger partial charge in [0.05, 0.1) is 22.4 Å². The lowest BCUT2D eigenvalue weighted by atomic mass is 10.2. The van der Waals surface area contributed by atoms with E-state index in [2.05, 4.69) is 34.2 Å². The van der Waals surface area contributed by atoms with E-state index in [0.29, 0.717) is 13.2 Å². The number of aromatic nitrogens is 2. The highest BCUT2D eigenvalue weighted by atomic mass is 16.5. The SMILES string of the molecule is c1ccc2nc(COc3ccc(OCc4ccc5ccccc5n4)cc3)ccc2c1. The normalized spacial score (nSPS) is 10.9. The molecule has 0 unspecified atom stereocenters. The van der Waals surface area contributed by atoms with Crippen LogP contribution in [0.2, 0.25) is 0 Å². The maximum Gasteiger partial charge on any atom is 0.130 e. The van der Waals surface area contributed by atoms with Gasteiger partial charge in [-0.15, -0.1) is 0 Å². The molecule has 0 fully saturated rings. The summed E-state index contributed by atoms with van der Waals surface area (Å²) in [4.78, 5) is 9.27. The number of hydrogen-bond donors (Lipinski definition) is 0. The molecule has 2 heterocycles. The molecular formula is C26H20N2O2. The van der Waals surface area contributed by atoms with Crippen LogP contribution in [-0.4, -0.2) is 9.97 Å². The molecule has 0 bridgehead atoms. The summed E-state index contributed by atoms with van der Waals surface area (Å²) in [5.74, 6) is 1.56. The summed E-state index contributed by atoms with van der Waals surface area (Å²) in [6.45, 7) is 0.845. The van der Waals surface area contributed by atoms with Crippen molar-refractivity contribution in [3.63, 3.8) is 0 Å². The molecule has 0 N–H and O–H groups in total. The Bertz CT molecular complexity index is 1200. The molecule has 4 nitrogen and oxygen atoms in total. The van der Waals surface area contributed by atoms with Crippen molar-refractivity contribution < 1.29 is 9.47 Å². The van der Waals surface area contributed by atoms with Gasteiger partial charge in [0.15, 0.2) is 0 Å². The number of benzene rings is 3. The lowest BCUT2D eigenvalue weighted by Gasteiger charge is -2.09. The van der Waals surface area contributed by atoms with E-state index in [-0.39, 0.29) is 0 Å². The molecule has 0 saturated heterocycles. The molecular weight excluding hydrogens is 372 g/mol. The van der Waals surface area contributed by atoms with E-state index in [1.54, 1.807) is 0 Å². The molecule has 0 amide bonds. The van der Waals surface area contributed by atoms with Crippen molar-refractivity contribution in [2.45, 2.75) is 13.2 Å². The smallest absolute Gasteiger partial charge is 0.130 e. The fourth-order valence-electron chi connectivity index (χ4n) is 3.32. The summed E-state index contributed by atoms with van der Waals surface area (Å²) >= 11 is 0. The first-order chi connectivity index (χ1) is 14.8. The van der Waals surface area contributed by atoms with Gasteiger partial charge in [-0.1, -0.05) is 48.5 Å². The highest BCUT2D eigenvalue weighted by molar-refractivity contribution is 5.79. The monoisotopic (exact) mass is 392 g/mol. The van der Waals surface area contributed by atoms with Crippen LogP contribution in [0.25, 0.3) is 21.8 Å². The van der Waals surface area contributed by atoms with Crippen molar-refractivity contribution >= 4 is 21.8 Å². The van der Waals surface area contributed by atoms with E-state index in [0.717, 1.165) is 44.7 Å². The fraction of sp³-hybridized carbons (Fsp3) is 0.0769. The number of hydrogen-bond acceptors (Lipinski definition) is 4. The Kier molecular flexibility index (Phi) is 4.96. The Labute approximate surface area is 174 Å². The van der Waals surface area contributed by atoms with Crippen LogP contribution in [0.3, 0.4) is 0 Å². The van der Waals surface area contributed by atoms with Gasteiger partial charge in [-0.2, -0.15) is 0 Å². The highest BCUT2D eigenvalue weighted by Crippen LogP contribution is 2.20. The molecule has 0 saturated carbocycles. The Morgan fingerprint density at radius 2 is 0.900 bits per heavy atom. The first-order valence-electron chi connectivity index (χ1n) is 9.88. The van der Waals surface area contributed by atoms with Crippen LogP contribution in [0.5, 0.6) is 11.5 Å². The zero-order chi connectivity index (χ0) is 20.2. The topological polar surface area (TPSA) is 44.2 Å². The Morgan fingerprint density at radius 1 is 0.467 bits per heavy atom. The molecule has 0 aliphatic heterocycles. The van der Waals surface area contributed by atoms with Gasteiger partial charge in [0, 0.05) is 10.8 Å². The standard InChI is InChI=1S/C26H20N2O2/c1-3-7-25-19(5-1)9-11-21(27-25)17-29-23-13-15-24(16-14-23)30-18-22-12-10-20-6-2-4-8-26(20)28-22/h1-16H,17-18H2. The first kappa shape index (κ1) is 18.1. The van der Waals surface area contributed by atoms with Crippen LogP contribution in [0.1, 0.15) is 11.4 Å². The number of rotatable bonds is 6. The third kappa shape index (κ3) is 4.08. The van der Waals surface area contributed by atoms with Crippen LogP contribution in [0, 0.1) is 0 Å². The Morgan fingerprint density at radius 3 is 1.37 bits per heavy atom. The van der Waals surface area contributed by atoms with Crippen LogP contribution < -0.4 is 9.47 Å². The average molecular weight is 392 g/mol. The minimum atomic E-state index is 0.423. The number of nitrogens with zero attached hydrogens (tertiary/aromatic N) is 2. The largest absolute Gasteiger partial charge is 0.487 e. The molecule has 5 rings (SSSR count). The first-order valence-corrected chi connectivity index (χ1v) is 9.88. The van der Waals surface area contributed by atoms with E-state index in [9.17, 15) is 0 Å². The second-order valence-corrected chi connectivity index (χ2v) is 7.04. The van der Waals surface area contributed by atoms with Gasteiger partial charge in [-0.25, -0.2) is 9.97 Å². The van der Waals surface area contributed by atoms with E-state index in [4.69, 9.17) is 9.47 Å². The predicted octanol–water partition coefficient (Wildman–Crippen LogP) is 5.94. The summed E-state index contributed by atoms with van der Waals surface area (Å²) < 4.78 is 11.8. The van der Waals surface area contributed by atoms with Crippen molar-refractivity contribution in [2.24, 2.45) is 0 Å². The van der Waals surface area contributed by atoms with Gasteiger partial charge >= 0.3 is 0 Å². The van der Waals surface area contributed by atoms with Crippen molar-refractivity contribution in [3.8, 4) is 11.5 Å². The maximum atomic E-state index is 5.88. The molecule has 5 aromatic rings. The maximum absolute atomic E-state index is 5.88. The van der Waals surface area contributed by atoms with Crippen LogP contribution >= 0.6 is 0 Å². The molecule has 4 heteroatoms. The highest BCUT2D eigenvalue weighted by Gasteiger charge is 2.03. The van der Waals surface area contributed by atoms with Gasteiger partial charge in [-0.05, 0) is 48.5 Å². The minimum Gasteiger partial charge on any atom is -0.487 e. The average Bonchev–Trinajstić information content (AvgIpc) is 2.82. The predicted molar refractivity (Wildman–Crippen MR) is 119 cm³/mol. The van der Waals surface area contributed by atoms with Crippen LogP contribution in [0.4, 0.5) is 0 Å². The Balaban J connectivity index is 1.19.